The summed E-state index contributed by atoms with van der Waals surface area (Å²) in [6.07, 6.45) is 1.50. The van der Waals surface area contributed by atoms with Gasteiger partial charge in [0.05, 0.1) is 12.2 Å². The van der Waals surface area contributed by atoms with E-state index in [0.29, 0.717) is 24.4 Å². The highest BCUT2D eigenvalue weighted by Crippen LogP contribution is 2.12. The summed E-state index contributed by atoms with van der Waals surface area (Å²) in [6, 6.07) is 0. The molecule has 0 bridgehead atoms. The Morgan fingerprint density at radius 3 is 2.33 bits per heavy atom. The van der Waals surface area contributed by atoms with Gasteiger partial charge in [-0.3, -0.25) is 0 Å². The van der Waals surface area contributed by atoms with Crippen LogP contribution in [0.5, 0.6) is 0 Å². The van der Waals surface area contributed by atoms with E-state index in [1.54, 1.807) is 20.8 Å². The first kappa shape index (κ1) is 13.4. The first-order chi connectivity index (χ1) is 7.06. The van der Waals surface area contributed by atoms with E-state index < -0.39 is 11.9 Å². The molecule has 0 fully saturated rings. The summed E-state index contributed by atoms with van der Waals surface area (Å²) in [5, 5.41) is 0. The van der Waals surface area contributed by atoms with Crippen LogP contribution in [0.3, 0.4) is 0 Å². The Kier molecular flexibility index (Phi) is 6.09. The van der Waals surface area contributed by atoms with Crippen LogP contribution in [0.15, 0.2) is 24.0 Å². The van der Waals surface area contributed by atoms with E-state index in [1.807, 2.05) is 0 Å². The van der Waals surface area contributed by atoms with Gasteiger partial charge in [-0.25, -0.2) is 9.59 Å². The molecule has 15 heavy (non-hydrogen) atoms. The molecule has 0 rings (SSSR count). The molecule has 4 heteroatoms. The summed E-state index contributed by atoms with van der Waals surface area (Å²) in [6.45, 7) is 8.63. The molecule has 0 aliphatic rings. The van der Waals surface area contributed by atoms with E-state index in [-0.39, 0.29) is 0 Å². The van der Waals surface area contributed by atoms with Gasteiger partial charge in [0.1, 0.15) is 5.76 Å². The largest absolute Gasteiger partial charge is 0.463 e. The summed E-state index contributed by atoms with van der Waals surface area (Å²) < 4.78 is 9.69. The summed E-state index contributed by atoms with van der Waals surface area (Å²) in [5.41, 5.74) is 0.314. The van der Waals surface area contributed by atoms with Gasteiger partial charge < -0.3 is 9.47 Å². The van der Waals surface area contributed by atoms with Crippen molar-refractivity contribution in [2.45, 2.75) is 27.2 Å². The molecule has 0 saturated heterocycles. The monoisotopic (exact) mass is 212 g/mol. The Morgan fingerprint density at radius 2 is 1.93 bits per heavy atom. The molecular weight excluding hydrogens is 196 g/mol. The number of hydrogen-bond acceptors (Lipinski definition) is 4. The third-order valence-corrected chi connectivity index (χ3v) is 1.71. The van der Waals surface area contributed by atoms with Gasteiger partial charge in [0, 0.05) is 12.5 Å². The lowest BCUT2D eigenvalue weighted by molar-refractivity contribution is -0.139. The highest BCUT2D eigenvalue weighted by Gasteiger charge is 2.13. The molecule has 0 radical (unpaired) electrons. The lowest BCUT2D eigenvalue weighted by atomic mass is 10.2. The quantitative estimate of drug-likeness (QED) is 0.397. The first-order valence-corrected chi connectivity index (χ1v) is 4.77. The maximum atomic E-state index is 11.3. The van der Waals surface area contributed by atoms with Gasteiger partial charge in [-0.2, -0.15) is 0 Å². The molecule has 0 unspecified atom stereocenters. The third kappa shape index (κ3) is 4.44. The van der Waals surface area contributed by atoms with Crippen LogP contribution < -0.4 is 0 Å². The van der Waals surface area contributed by atoms with E-state index in [1.165, 1.54) is 0 Å². The molecule has 0 aliphatic carbocycles. The molecule has 0 aromatic carbocycles. The normalized spacial score (nSPS) is 11.4. The van der Waals surface area contributed by atoms with Crippen molar-refractivity contribution >= 4 is 11.9 Å². The predicted molar refractivity (Wildman–Crippen MR) is 55.9 cm³/mol. The smallest absolute Gasteiger partial charge is 0.337 e. The number of hydrogen-bond donors (Lipinski definition) is 0. The van der Waals surface area contributed by atoms with Crippen LogP contribution in [0.2, 0.25) is 0 Å². The van der Waals surface area contributed by atoms with Gasteiger partial charge in [-0.15, -0.1) is 0 Å². The molecule has 0 spiro atoms. The minimum atomic E-state index is -0.574. The second kappa shape index (κ2) is 6.81. The van der Waals surface area contributed by atoms with Crippen LogP contribution in [-0.4, -0.2) is 18.5 Å². The molecule has 84 valence electrons. The summed E-state index contributed by atoms with van der Waals surface area (Å²) in [5.74, 6) is -0.722. The molecule has 0 aromatic heterocycles. The average molecular weight is 212 g/mol. The third-order valence-electron chi connectivity index (χ3n) is 1.71. The Hall–Kier alpha value is -1.58. The zero-order valence-electron chi connectivity index (χ0n) is 9.33. The fraction of sp³-hybridized carbons (Fsp3) is 0.455. The second-order valence-electron chi connectivity index (χ2n) is 2.75. The highest BCUT2D eigenvalue weighted by molar-refractivity contribution is 5.89. The molecule has 0 N–H and O–H groups in total. The Balaban J connectivity index is 4.72. The minimum absolute atomic E-state index is 0.294. The van der Waals surface area contributed by atoms with Crippen molar-refractivity contribution in [1.29, 1.82) is 0 Å². The average Bonchev–Trinajstić information content (AvgIpc) is 2.24. The van der Waals surface area contributed by atoms with Gasteiger partial charge >= 0.3 is 11.9 Å². The zero-order valence-corrected chi connectivity index (χ0v) is 9.33. The number of carbonyl (C=O) groups excluding carboxylic acids is 2. The number of ether oxygens (including phenoxy) is 2. The number of carbonyl (C=O) groups is 2. The van der Waals surface area contributed by atoms with Crippen LogP contribution in [0.4, 0.5) is 0 Å². The van der Waals surface area contributed by atoms with Crippen LogP contribution in [0.1, 0.15) is 27.2 Å². The zero-order chi connectivity index (χ0) is 11.8. The van der Waals surface area contributed by atoms with Gasteiger partial charge in [0.25, 0.3) is 0 Å². The van der Waals surface area contributed by atoms with Crippen LogP contribution in [0.25, 0.3) is 0 Å². The van der Waals surface area contributed by atoms with Crippen molar-refractivity contribution in [3.63, 3.8) is 0 Å². The van der Waals surface area contributed by atoms with Crippen molar-refractivity contribution in [3.05, 3.63) is 24.0 Å². The Morgan fingerprint density at radius 1 is 1.33 bits per heavy atom. The second-order valence-corrected chi connectivity index (χ2v) is 2.75. The summed E-state index contributed by atoms with van der Waals surface area (Å²) in [7, 11) is 0. The number of esters is 2. The van der Waals surface area contributed by atoms with Crippen molar-refractivity contribution in [2.75, 3.05) is 6.61 Å². The Labute approximate surface area is 89.6 Å². The predicted octanol–water partition coefficient (Wildman–Crippen LogP) is 1.96. The summed E-state index contributed by atoms with van der Waals surface area (Å²) in [4.78, 5) is 22.3. The van der Waals surface area contributed by atoms with E-state index in [4.69, 9.17) is 9.47 Å². The van der Waals surface area contributed by atoms with Gasteiger partial charge in [-0.1, -0.05) is 13.5 Å². The molecular formula is C11H16O4. The number of allylic oxidation sites excluding steroid dienone is 1. The fourth-order valence-corrected chi connectivity index (χ4v) is 0.930. The standard InChI is InChI=1S/C11H16O4/c1-5-9(15-10(12)6-2)8(4)11(13)14-7-3/h6H,2,5,7H2,1,3-4H3. The molecule has 4 nitrogen and oxygen atoms in total. The molecule has 0 aliphatic heterocycles. The van der Waals surface area contributed by atoms with Crippen molar-refractivity contribution in [3.8, 4) is 0 Å². The van der Waals surface area contributed by atoms with Gasteiger partial charge in [0.2, 0.25) is 0 Å². The van der Waals surface area contributed by atoms with Gasteiger partial charge in [-0.05, 0) is 13.8 Å². The maximum absolute atomic E-state index is 11.3. The van der Waals surface area contributed by atoms with Gasteiger partial charge in [0.15, 0.2) is 0 Å². The van der Waals surface area contributed by atoms with Crippen LogP contribution >= 0.6 is 0 Å². The molecule has 0 aromatic rings. The fourth-order valence-electron chi connectivity index (χ4n) is 0.930. The van der Waals surface area contributed by atoms with E-state index in [2.05, 4.69) is 6.58 Å². The topological polar surface area (TPSA) is 52.6 Å². The van der Waals surface area contributed by atoms with Crippen molar-refractivity contribution < 1.29 is 19.1 Å². The summed E-state index contributed by atoms with van der Waals surface area (Å²) >= 11 is 0. The first-order valence-electron chi connectivity index (χ1n) is 4.77. The van der Waals surface area contributed by atoms with Crippen LogP contribution in [-0.2, 0) is 19.1 Å². The SMILES string of the molecule is C=CC(=O)OC(CC)=C(C)C(=O)OCC. The van der Waals surface area contributed by atoms with E-state index in [9.17, 15) is 9.59 Å². The molecule has 0 heterocycles. The van der Waals surface area contributed by atoms with Crippen LogP contribution in [0, 0.1) is 0 Å². The number of rotatable bonds is 5. The van der Waals surface area contributed by atoms with Crippen molar-refractivity contribution in [1.82, 2.24) is 0 Å². The molecule has 0 amide bonds. The Bertz CT molecular complexity index is 289. The van der Waals surface area contributed by atoms with E-state index >= 15 is 0 Å². The highest BCUT2D eigenvalue weighted by atomic mass is 16.5. The molecule has 0 saturated carbocycles. The van der Waals surface area contributed by atoms with Crippen molar-refractivity contribution in [2.24, 2.45) is 0 Å². The lowest BCUT2D eigenvalue weighted by Gasteiger charge is -2.08. The molecule has 0 atom stereocenters. The minimum Gasteiger partial charge on any atom is -0.463 e. The van der Waals surface area contributed by atoms with E-state index in [0.717, 1.165) is 6.08 Å². The lowest BCUT2D eigenvalue weighted by Crippen LogP contribution is -2.11. The maximum Gasteiger partial charge on any atom is 0.337 e.